The lowest BCUT2D eigenvalue weighted by atomic mass is 10.2. The van der Waals surface area contributed by atoms with Gasteiger partial charge in [0.2, 0.25) is 0 Å². The maximum Gasteiger partial charge on any atom is 0.112 e. The summed E-state index contributed by atoms with van der Waals surface area (Å²) in [4.78, 5) is 8.25. The van der Waals surface area contributed by atoms with Crippen molar-refractivity contribution in [2.75, 3.05) is 17.7 Å². The summed E-state index contributed by atoms with van der Waals surface area (Å²) in [6.45, 7) is 2.47. The van der Waals surface area contributed by atoms with Crippen LogP contribution < -0.4 is 15.9 Å². The smallest absolute Gasteiger partial charge is 0.112 e. The lowest BCUT2D eigenvalue weighted by Crippen LogP contribution is -2.34. The van der Waals surface area contributed by atoms with E-state index in [0.29, 0.717) is 4.08 Å². The molecule has 174 valence electrons. The van der Waals surface area contributed by atoms with Gasteiger partial charge in [-0.25, -0.2) is 0 Å². The molecule has 0 unspecified atom stereocenters. The van der Waals surface area contributed by atoms with Crippen LogP contribution in [0.25, 0.3) is 0 Å². The third-order valence-corrected chi connectivity index (χ3v) is 13.7. The van der Waals surface area contributed by atoms with Crippen LogP contribution in [0, 0.1) is 15.3 Å². The van der Waals surface area contributed by atoms with E-state index in [1.807, 2.05) is 0 Å². The summed E-state index contributed by atoms with van der Waals surface area (Å²) in [5, 5.41) is 19.3. The molecule has 0 saturated carbocycles. The predicted molar refractivity (Wildman–Crippen MR) is 148 cm³/mol. The molecule has 4 nitrogen and oxygen atoms in total. The lowest BCUT2D eigenvalue weighted by molar-refractivity contribution is -0.402. The van der Waals surface area contributed by atoms with Crippen LogP contribution in [-0.4, -0.2) is 26.8 Å². The lowest BCUT2D eigenvalue weighted by Gasteiger charge is -2.34. The van der Waals surface area contributed by atoms with Crippen LogP contribution >= 0.6 is 30.8 Å². The van der Waals surface area contributed by atoms with E-state index in [1.54, 1.807) is 0 Å². The molecule has 0 spiro atoms. The van der Waals surface area contributed by atoms with Gasteiger partial charge in [0.15, 0.2) is 0 Å². The number of hydrogen-bond donors (Lipinski definition) is 0. The molecular formula is C26H30NO3PS2. The van der Waals surface area contributed by atoms with Crippen LogP contribution in [-0.2, 0) is 0 Å². The van der Waals surface area contributed by atoms with Crippen LogP contribution in [0.4, 0.5) is 0 Å². The summed E-state index contributed by atoms with van der Waals surface area (Å²) in [6, 6.07) is 33.9. The Labute approximate surface area is 205 Å². The second-order valence-electron chi connectivity index (χ2n) is 8.05. The molecule has 1 aliphatic heterocycles. The first-order valence-corrected chi connectivity index (χ1v) is 15.1. The molecule has 0 atom stereocenters. The normalized spacial score (nSPS) is 15.2. The maximum absolute atomic E-state index is 8.25. The summed E-state index contributed by atoms with van der Waals surface area (Å²) in [5.41, 5.74) is 0. The molecular weight excluding hydrogens is 469 g/mol. The zero-order valence-corrected chi connectivity index (χ0v) is 21.4. The summed E-state index contributed by atoms with van der Waals surface area (Å²) in [6.07, 6.45) is 5.15. The molecule has 0 bridgehead atoms. The monoisotopic (exact) mass is 499 g/mol. The van der Waals surface area contributed by atoms with Crippen LogP contribution in [0.5, 0.6) is 0 Å². The molecule has 0 N–H and O–H groups in total. The van der Waals surface area contributed by atoms with Gasteiger partial charge >= 0.3 is 0 Å². The minimum Gasteiger partial charge on any atom is -0.356 e. The molecule has 3 aromatic carbocycles. The van der Waals surface area contributed by atoms with E-state index in [9.17, 15) is 0 Å². The van der Waals surface area contributed by atoms with Gasteiger partial charge in [-0.2, -0.15) is 0 Å². The fourth-order valence-electron chi connectivity index (χ4n) is 4.34. The van der Waals surface area contributed by atoms with E-state index >= 15 is 0 Å². The fourth-order valence-corrected chi connectivity index (χ4v) is 11.7. The van der Waals surface area contributed by atoms with Gasteiger partial charge in [0, 0.05) is 0 Å². The Kier molecular flexibility index (Phi) is 9.66. The Hall–Kier alpha value is -2.01. The Bertz CT molecular complexity index is 884. The standard InChI is InChI=1S/C26H30PS2.NO3/c1-26(28-21-12-22-29-26)19-11-20-27(23-13-5-2-6-14-23,24-15-7-3-8-16-24)25-17-9-4-10-18-25;2-1(3)4/h2-10,13-18H,11-12,19-22H2,1H3;/q+1;-1. The number of nitrogens with zero attached hydrogens (tertiary/aromatic N) is 1. The van der Waals surface area contributed by atoms with Crippen molar-refractivity contribution in [1.29, 1.82) is 0 Å². The highest BCUT2D eigenvalue weighted by atomic mass is 32.2. The average molecular weight is 500 g/mol. The Morgan fingerprint density at radius 2 is 1.15 bits per heavy atom. The molecule has 0 aliphatic carbocycles. The van der Waals surface area contributed by atoms with E-state index in [-0.39, 0.29) is 0 Å². The summed E-state index contributed by atoms with van der Waals surface area (Å²) < 4.78 is 0.387. The molecule has 1 aliphatic rings. The zero-order chi connectivity index (χ0) is 23.6. The van der Waals surface area contributed by atoms with Crippen molar-refractivity contribution in [1.82, 2.24) is 0 Å². The third-order valence-electron chi connectivity index (χ3n) is 5.82. The van der Waals surface area contributed by atoms with Gasteiger partial charge in [0.25, 0.3) is 0 Å². The first-order valence-electron chi connectivity index (χ1n) is 11.1. The number of hydrogen-bond acceptors (Lipinski definition) is 5. The first-order chi connectivity index (χ1) is 16.0. The Morgan fingerprint density at radius 3 is 1.52 bits per heavy atom. The quantitative estimate of drug-likeness (QED) is 0.223. The van der Waals surface area contributed by atoms with Crippen LogP contribution in [0.2, 0.25) is 0 Å². The highest BCUT2D eigenvalue weighted by Gasteiger charge is 2.45. The van der Waals surface area contributed by atoms with Crippen LogP contribution in [0.3, 0.4) is 0 Å². The van der Waals surface area contributed by atoms with Crippen molar-refractivity contribution >= 4 is 46.7 Å². The summed E-state index contributed by atoms with van der Waals surface area (Å²) in [7, 11) is -1.67. The van der Waals surface area contributed by atoms with Gasteiger partial charge in [0.1, 0.15) is 23.2 Å². The SMILES string of the molecule is CC1(CCC[P+](c2ccccc2)(c2ccccc2)c2ccccc2)SCCCS1.O=[N+]([O-])[O-]. The molecule has 7 heteroatoms. The number of benzene rings is 3. The van der Waals surface area contributed by atoms with Gasteiger partial charge in [-0.3, -0.25) is 0 Å². The molecule has 0 radical (unpaired) electrons. The Morgan fingerprint density at radius 1 is 0.788 bits per heavy atom. The highest BCUT2D eigenvalue weighted by molar-refractivity contribution is 8.18. The highest BCUT2D eigenvalue weighted by Crippen LogP contribution is 2.57. The summed E-state index contributed by atoms with van der Waals surface area (Å²) >= 11 is 4.36. The van der Waals surface area contributed by atoms with Gasteiger partial charge < -0.3 is 15.3 Å². The largest absolute Gasteiger partial charge is 0.356 e. The van der Waals surface area contributed by atoms with Crippen molar-refractivity contribution in [3.05, 3.63) is 106 Å². The second-order valence-corrected chi connectivity index (χ2v) is 15.1. The molecule has 33 heavy (non-hydrogen) atoms. The van der Waals surface area contributed by atoms with Crippen molar-refractivity contribution in [3.8, 4) is 0 Å². The van der Waals surface area contributed by atoms with E-state index in [2.05, 4.69) is 121 Å². The topological polar surface area (TPSA) is 66.2 Å². The van der Waals surface area contributed by atoms with Gasteiger partial charge in [-0.1, -0.05) is 54.6 Å². The van der Waals surface area contributed by atoms with Crippen molar-refractivity contribution in [3.63, 3.8) is 0 Å². The molecule has 1 fully saturated rings. The fraction of sp³-hybridized carbons (Fsp3) is 0.308. The van der Waals surface area contributed by atoms with Crippen LogP contribution in [0.15, 0.2) is 91.0 Å². The molecule has 1 saturated heterocycles. The van der Waals surface area contributed by atoms with Crippen molar-refractivity contribution < 1.29 is 5.09 Å². The third kappa shape index (κ3) is 6.99. The van der Waals surface area contributed by atoms with Gasteiger partial charge in [0.05, 0.1) is 15.3 Å². The molecule has 0 aromatic heterocycles. The van der Waals surface area contributed by atoms with E-state index < -0.39 is 12.3 Å². The van der Waals surface area contributed by atoms with Crippen LogP contribution in [0.1, 0.15) is 26.2 Å². The predicted octanol–water partition coefficient (Wildman–Crippen LogP) is 6.11. The minimum atomic E-state index is -1.75. The summed E-state index contributed by atoms with van der Waals surface area (Å²) in [5.74, 6) is 2.64. The number of rotatable bonds is 7. The number of thioether (sulfide) groups is 2. The van der Waals surface area contributed by atoms with Crippen molar-refractivity contribution in [2.45, 2.75) is 30.3 Å². The molecule has 0 amide bonds. The molecule has 1 heterocycles. The zero-order valence-electron chi connectivity index (χ0n) is 18.8. The minimum absolute atomic E-state index is 0.387. The molecule has 4 rings (SSSR count). The van der Waals surface area contributed by atoms with Crippen molar-refractivity contribution in [2.24, 2.45) is 0 Å². The van der Waals surface area contributed by atoms with E-state index in [1.165, 1.54) is 52.8 Å². The van der Waals surface area contributed by atoms with Gasteiger partial charge in [-0.15, -0.1) is 23.5 Å². The Balaban J connectivity index is 0.000000709. The average Bonchev–Trinajstić information content (AvgIpc) is 2.84. The van der Waals surface area contributed by atoms with E-state index in [0.717, 1.165) is 0 Å². The molecule has 3 aromatic rings. The van der Waals surface area contributed by atoms with Gasteiger partial charge in [-0.05, 0) is 74.1 Å². The first kappa shape index (κ1) is 25.6. The second kappa shape index (κ2) is 12.5. The maximum atomic E-state index is 8.25. The van der Waals surface area contributed by atoms with E-state index in [4.69, 9.17) is 15.3 Å².